The predicted octanol–water partition coefficient (Wildman–Crippen LogP) is 2.77. The highest BCUT2D eigenvalue weighted by Crippen LogP contribution is 2.27. The number of nitrogens with one attached hydrogen (secondary N) is 1. The maximum atomic E-state index is 12.5. The maximum Gasteiger partial charge on any atom is 0.257 e. The van der Waals surface area contributed by atoms with Gasteiger partial charge in [0.2, 0.25) is 15.2 Å². The van der Waals surface area contributed by atoms with Crippen LogP contribution in [0.25, 0.3) is 0 Å². The van der Waals surface area contributed by atoms with E-state index in [1.807, 2.05) is 0 Å². The molecule has 0 bridgehead atoms. The number of anilines is 2. The molecule has 0 unspecified atom stereocenters. The van der Waals surface area contributed by atoms with Gasteiger partial charge in [-0.1, -0.05) is 35.2 Å². The number of sulfonamides is 1. The molecule has 0 spiro atoms. The maximum absolute atomic E-state index is 12.5. The van der Waals surface area contributed by atoms with Gasteiger partial charge in [0.1, 0.15) is 0 Å². The summed E-state index contributed by atoms with van der Waals surface area (Å²) in [4.78, 5) is 12.5. The van der Waals surface area contributed by atoms with Crippen LogP contribution in [0.1, 0.15) is 15.9 Å². The molecular formula is C15H18N4O3S3. The van der Waals surface area contributed by atoms with Crippen LogP contribution in [0.3, 0.4) is 0 Å². The molecule has 1 N–H and O–H groups in total. The molecule has 0 saturated heterocycles. The molecule has 0 saturated carbocycles. The lowest BCUT2D eigenvalue weighted by Crippen LogP contribution is -2.26. The zero-order valence-electron chi connectivity index (χ0n) is 14.0. The monoisotopic (exact) mass is 398 g/mol. The fraction of sp³-hybridized carbons (Fsp3) is 0.267. The first-order chi connectivity index (χ1) is 11.7. The smallest absolute Gasteiger partial charge is 0.257 e. The standard InChI is InChI=1S/C15H18N4O3S3/c1-5-9-23-15-18-17-14(24-15)16-13(20)11-7-6-8-12(10(11)2)19(3)25(4,21)22/h5-8H,1,9H2,2-4H3,(H,16,17,20). The molecule has 7 nitrogen and oxygen atoms in total. The van der Waals surface area contributed by atoms with Gasteiger partial charge in [-0.15, -0.1) is 16.8 Å². The van der Waals surface area contributed by atoms with E-state index in [-0.39, 0.29) is 5.91 Å². The number of carbonyl (C=O) groups is 1. The fourth-order valence-corrected chi connectivity index (χ4v) is 4.07. The number of nitrogens with zero attached hydrogens (tertiary/aromatic N) is 3. The molecule has 2 rings (SSSR count). The fourth-order valence-electron chi connectivity index (χ4n) is 2.00. The van der Waals surface area contributed by atoms with Gasteiger partial charge in [0.05, 0.1) is 11.9 Å². The third-order valence-corrected chi connectivity index (χ3v) is 6.50. The minimum atomic E-state index is -3.41. The van der Waals surface area contributed by atoms with Crippen LogP contribution in [-0.2, 0) is 10.0 Å². The lowest BCUT2D eigenvalue weighted by atomic mass is 10.1. The Morgan fingerprint density at radius 1 is 1.44 bits per heavy atom. The van der Waals surface area contributed by atoms with E-state index in [9.17, 15) is 13.2 Å². The van der Waals surface area contributed by atoms with E-state index in [4.69, 9.17) is 0 Å². The van der Waals surface area contributed by atoms with Crippen molar-refractivity contribution in [1.29, 1.82) is 0 Å². The van der Waals surface area contributed by atoms with Crippen LogP contribution in [0, 0.1) is 6.92 Å². The number of thioether (sulfide) groups is 1. The van der Waals surface area contributed by atoms with Gasteiger partial charge < -0.3 is 0 Å². The summed E-state index contributed by atoms with van der Waals surface area (Å²) in [5, 5.41) is 11.0. The van der Waals surface area contributed by atoms with E-state index in [2.05, 4.69) is 22.1 Å². The van der Waals surface area contributed by atoms with Crippen LogP contribution in [-0.4, -0.2) is 43.6 Å². The molecule has 1 aromatic heterocycles. The molecular weight excluding hydrogens is 380 g/mol. The van der Waals surface area contributed by atoms with Crippen molar-refractivity contribution in [2.75, 3.05) is 28.7 Å². The van der Waals surface area contributed by atoms with Crippen LogP contribution in [0.15, 0.2) is 35.2 Å². The molecule has 0 aliphatic carbocycles. The first-order valence-electron chi connectivity index (χ1n) is 7.16. The number of rotatable bonds is 7. The van der Waals surface area contributed by atoms with Gasteiger partial charge in [0.25, 0.3) is 5.91 Å². The molecule has 0 aliphatic rings. The lowest BCUT2D eigenvalue weighted by molar-refractivity contribution is 0.102. The summed E-state index contributed by atoms with van der Waals surface area (Å²) in [6.07, 6.45) is 2.88. The Kier molecular flexibility index (Phi) is 6.20. The Morgan fingerprint density at radius 3 is 2.80 bits per heavy atom. The van der Waals surface area contributed by atoms with E-state index in [0.717, 1.165) is 14.9 Å². The van der Waals surface area contributed by atoms with Gasteiger partial charge in [-0.25, -0.2) is 8.42 Å². The number of benzene rings is 1. The number of carbonyl (C=O) groups excluding carboxylic acids is 1. The molecule has 10 heteroatoms. The number of hydrogen-bond acceptors (Lipinski definition) is 7. The van der Waals surface area contributed by atoms with E-state index < -0.39 is 10.0 Å². The average molecular weight is 399 g/mol. The van der Waals surface area contributed by atoms with Crippen molar-refractivity contribution < 1.29 is 13.2 Å². The third-order valence-electron chi connectivity index (χ3n) is 3.34. The molecule has 0 aliphatic heterocycles. The highest BCUT2D eigenvalue weighted by atomic mass is 32.2. The molecule has 1 amide bonds. The molecule has 1 heterocycles. The SMILES string of the molecule is C=CCSc1nnc(NC(=O)c2cccc(N(C)S(C)(=O)=O)c2C)s1. The summed E-state index contributed by atoms with van der Waals surface area (Å²) < 4.78 is 25.4. The molecule has 25 heavy (non-hydrogen) atoms. The van der Waals surface area contributed by atoms with Gasteiger partial charge in [-0.3, -0.25) is 14.4 Å². The van der Waals surface area contributed by atoms with Crippen LogP contribution < -0.4 is 9.62 Å². The van der Waals surface area contributed by atoms with Crippen molar-refractivity contribution >= 4 is 49.8 Å². The van der Waals surface area contributed by atoms with Gasteiger partial charge >= 0.3 is 0 Å². The summed E-state index contributed by atoms with van der Waals surface area (Å²) >= 11 is 2.75. The molecule has 0 atom stereocenters. The van der Waals surface area contributed by atoms with Crippen molar-refractivity contribution in [3.05, 3.63) is 42.0 Å². The second kappa shape index (κ2) is 7.98. The van der Waals surface area contributed by atoms with E-state index in [0.29, 0.717) is 27.7 Å². The van der Waals surface area contributed by atoms with Crippen molar-refractivity contribution in [2.45, 2.75) is 11.3 Å². The Hall–Kier alpha value is -1.91. The Bertz CT molecular complexity index is 893. The van der Waals surface area contributed by atoms with Gasteiger partial charge in [-0.05, 0) is 24.6 Å². The Balaban J connectivity index is 2.22. The molecule has 0 radical (unpaired) electrons. The van der Waals surface area contributed by atoms with Gasteiger partial charge in [0.15, 0.2) is 4.34 Å². The molecule has 134 valence electrons. The van der Waals surface area contributed by atoms with E-state index >= 15 is 0 Å². The zero-order valence-corrected chi connectivity index (χ0v) is 16.5. The lowest BCUT2D eigenvalue weighted by Gasteiger charge is -2.20. The third kappa shape index (κ3) is 4.80. The minimum absolute atomic E-state index is 0.363. The summed E-state index contributed by atoms with van der Waals surface area (Å²) in [5.74, 6) is 0.347. The summed E-state index contributed by atoms with van der Waals surface area (Å²) in [6, 6.07) is 4.94. The number of amides is 1. The van der Waals surface area contributed by atoms with Gasteiger partial charge in [0, 0.05) is 18.4 Å². The van der Waals surface area contributed by atoms with Gasteiger partial charge in [-0.2, -0.15) is 0 Å². The highest BCUT2D eigenvalue weighted by molar-refractivity contribution is 8.01. The van der Waals surface area contributed by atoms with E-state index in [1.165, 1.54) is 30.1 Å². The molecule has 0 fully saturated rings. The molecule has 1 aromatic carbocycles. The zero-order chi connectivity index (χ0) is 18.6. The number of hydrogen-bond donors (Lipinski definition) is 1. The summed E-state index contributed by atoms with van der Waals surface area (Å²) in [6.45, 7) is 5.34. The largest absolute Gasteiger partial charge is 0.296 e. The predicted molar refractivity (Wildman–Crippen MR) is 103 cm³/mol. The Morgan fingerprint density at radius 2 is 2.16 bits per heavy atom. The summed E-state index contributed by atoms with van der Waals surface area (Å²) in [7, 11) is -1.96. The first-order valence-corrected chi connectivity index (χ1v) is 10.8. The van der Waals surface area contributed by atoms with Crippen molar-refractivity contribution in [2.24, 2.45) is 0 Å². The van der Waals surface area contributed by atoms with Crippen molar-refractivity contribution in [3.8, 4) is 0 Å². The van der Waals surface area contributed by atoms with Crippen LogP contribution in [0.5, 0.6) is 0 Å². The van der Waals surface area contributed by atoms with Crippen LogP contribution >= 0.6 is 23.1 Å². The average Bonchev–Trinajstić information content (AvgIpc) is 2.98. The summed E-state index contributed by atoms with van der Waals surface area (Å²) in [5.41, 5.74) is 1.40. The van der Waals surface area contributed by atoms with Crippen LogP contribution in [0.2, 0.25) is 0 Å². The van der Waals surface area contributed by atoms with E-state index in [1.54, 1.807) is 31.2 Å². The second-order valence-corrected chi connectivity index (χ2v) is 9.37. The van der Waals surface area contributed by atoms with Crippen molar-refractivity contribution in [3.63, 3.8) is 0 Å². The highest BCUT2D eigenvalue weighted by Gasteiger charge is 2.19. The van der Waals surface area contributed by atoms with Crippen molar-refractivity contribution in [1.82, 2.24) is 10.2 Å². The molecule has 2 aromatic rings. The minimum Gasteiger partial charge on any atom is -0.296 e. The number of aromatic nitrogens is 2. The normalized spacial score (nSPS) is 11.2. The Labute approximate surface area is 155 Å². The van der Waals surface area contributed by atoms with Crippen LogP contribution in [0.4, 0.5) is 10.8 Å². The topological polar surface area (TPSA) is 92.3 Å². The quantitative estimate of drug-likeness (QED) is 0.438. The first kappa shape index (κ1) is 19.4. The second-order valence-electron chi connectivity index (χ2n) is 5.11.